The average molecular weight is 401 g/mol. The summed E-state index contributed by atoms with van der Waals surface area (Å²) in [4.78, 5) is 12.7. The Kier molecular flexibility index (Phi) is 5.77. The first-order valence-corrected chi connectivity index (χ1v) is 8.68. The lowest BCUT2D eigenvalue weighted by Crippen LogP contribution is -2.40. The predicted molar refractivity (Wildman–Crippen MR) is 101 cm³/mol. The molecule has 9 heteroatoms. The minimum atomic E-state index is -6.00. The Hall–Kier alpha value is -3.49. The van der Waals surface area contributed by atoms with Crippen LogP contribution in [0.4, 0.5) is 27.7 Å². The molecule has 29 heavy (non-hydrogen) atoms. The normalized spacial score (nSPS) is 15.0. The lowest BCUT2D eigenvalue weighted by molar-refractivity contribution is -0.403. The third-order valence-electron chi connectivity index (χ3n) is 4.11. The Labute approximate surface area is 164 Å². The van der Waals surface area contributed by atoms with Crippen LogP contribution in [0.1, 0.15) is 11.1 Å². The number of nitrogens with one attached hydrogen (secondary N) is 1. The summed E-state index contributed by atoms with van der Waals surface area (Å²) in [6.07, 6.45) is 0. The zero-order chi connectivity index (χ0) is 20.9. The van der Waals surface area contributed by atoms with Gasteiger partial charge in [-0.25, -0.2) is 0 Å². The molecule has 0 spiro atoms. The molecule has 0 aliphatic carbocycles. The molecule has 0 aromatic heterocycles. The van der Waals surface area contributed by atoms with Gasteiger partial charge in [0, 0.05) is 11.1 Å². The second-order valence-electron chi connectivity index (χ2n) is 6.11. The number of hydrogen-bond donors (Lipinski definition) is 1. The van der Waals surface area contributed by atoms with Crippen LogP contribution < -0.4 is 5.32 Å². The number of carbonyl (C=O) groups excluding carboxylic acids is 1. The summed E-state index contributed by atoms with van der Waals surface area (Å²) >= 11 is 0. The molecule has 3 aromatic carbocycles. The molecule has 4 nitrogen and oxygen atoms in total. The van der Waals surface area contributed by atoms with E-state index < -0.39 is 12.9 Å². The van der Waals surface area contributed by atoms with Crippen molar-refractivity contribution in [3.63, 3.8) is 0 Å². The van der Waals surface area contributed by atoms with Crippen LogP contribution in [0.3, 0.4) is 0 Å². The SMILES string of the molecule is F[B-](F)(F)F.O=C1NC(c2ccccc2)(c2ccccc2)N=[N+]1c1ccccc1. The fraction of sp³-hybridized carbons (Fsp3) is 0.0500. The van der Waals surface area contributed by atoms with Gasteiger partial charge < -0.3 is 17.3 Å². The summed E-state index contributed by atoms with van der Waals surface area (Å²) in [6, 6.07) is 28.8. The van der Waals surface area contributed by atoms with E-state index in [1.165, 1.54) is 4.70 Å². The van der Waals surface area contributed by atoms with E-state index in [0.717, 1.165) is 16.8 Å². The van der Waals surface area contributed by atoms with Gasteiger partial charge in [0.1, 0.15) is 0 Å². The van der Waals surface area contributed by atoms with Crippen molar-refractivity contribution < 1.29 is 26.8 Å². The van der Waals surface area contributed by atoms with Gasteiger partial charge in [0.2, 0.25) is 0 Å². The second kappa shape index (κ2) is 8.26. The number of halogens is 4. The van der Waals surface area contributed by atoms with Crippen molar-refractivity contribution in [1.82, 2.24) is 5.32 Å². The maximum Gasteiger partial charge on any atom is 0.673 e. The van der Waals surface area contributed by atoms with E-state index in [1.807, 2.05) is 91.0 Å². The van der Waals surface area contributed by atoms with Crippen LogP contribution in [0.5, 0.6) is 0 Å². The van der Waals surface area contributed by atoms with E-state index in [4.69, 9.17) is 5.11 Å². The summed E-state index contributed by atoms with van der Waals surface area (Å²) < 4.78 is 40.4. The van der Waals surface area contributed by atoms with Gasteiger partial charge in [-0.1, -0.05) is 83.6 Å². The second-order valence-corrected chi connectivity index (χ2v) is 6.11. The maximum absolute atomic E-state index is 12.7. The van der Waals surface area contributed by atoms with Crippen LogP contribution in [0.2, 0.25) is 0 Å². The minimum Gasteiger partial charge on any atom is -0.418 e. The summed E-state index contributed by atoms with van der Waals surface area (Å²) in [6.45, 7) is 0. The molecular weight excluding hydrogens is 385 g/mol. The van der Waals surface area contributed by atoms with Crippen molar-refractivity contribution in [2.24, 2.45) is 5.11 Å². The Morgan fingerprint density at radius 3 is 1.52 bits per heavy atom. The monoisotopic (exact) mass is 401 g/mol. The van der Waals surface area contributed by atoms with E-state index in [2.05, 4.69) is 5.32 Å². The summed E-state index contributed by atoms with van der Waals surface area (Å²) in [5.41, 5.74) is 1.66. The molecule has 1 aliphatic heterocycles. The Balaban J connectivity index is 0.000000431. The van der Waals surface area contributed by atoms with E-state index in [9.17, 15) is 22.1 Å². The smallest absolute Gasteiger partial charge is 0.418 e. The van der Waals surface area contributed by atoms with Crippen LogP contribution >= 0.6 is 0 Å². The summed E-state index contributed by atoms with van der Waals surface area (Å²) in [5, 5.41) is 7.85. The molecule has 3 aromatic rings. The standard InChI is InChI=1S/C20H15N3O.BF4/c24-19-21-20(16-10-4-1-5-11-16,17-12-6-2-7-13-17)22-23(19)18-14-8-3-9-15-18;2-1(3,4)5/h1-15H;/q;-1/p+1. The van der Waals surface area contributed by atoms with Crippen LogP contribution in [-0.4, -0.2) is 18.0 Å². The molecule has 0 saturated carbocycles. The fourth-order valence-corrected chi connectivity index (χ4v) is 2.96. The number of benzene rings is 3. The molecular formula is C20H16BF4N3O. The Morgan fingerprint density at radius 1 is 0.724 bits per heavy atom. The molecule has 1 aliphatic rings. The van der Waals surface area contributed by atoms with E-state index in [1.54, 1.807) is 0 Å². The Morgan fingerprint density at radius 2 is 1.10 bits per heavy atom. The lowest BCUT2D eigenvalue weighted by atomic mass is 9.92. The number of nitrogens with zero attached hydrogens (tertiary/aromatic N) is 2. The van der Waals surface area contributed by atoms with Gasteiger partial charge in [-0.2, -0.15) is 10.1 Å². The first kappa shape index (κ1) is 20.3. The molecule has 0 fully saturated rings. The van der Waals surface area contributed by atoms with Gasteiger partial charge in [0.05, 0.1) is 0 Å². The zero-order valence-electron chi connectivity index (χ0n) is 15.1. The van der Waals surface area contributed by atoms with Gasteiger partial charge in [0.15, 0.2) is 5.69 Å². The molecule has 4 rings (SSSR count). The number of para-hydroxylation sites is 1. The van der Waals surface area contributed by atoms with Crippen molar-refractivity contribution >= 4 is 19.0 Å². The number of rotatable bonds is 3. The van der Waals surface area contributed by atoms with Crippen molar-refractivity contribution in [2.45, 2.75) is 5.66 Å². The highest BCUT2D eigenvalue weighted by atomic mass is 19.5. The molecule has 0 atom stereocenters. The topological polar surface area (TPSA) is 44.5 Å². The number of azo groups is 2. The number of hydrogen-bond acceptors (Lipinski definition) is 2. The van der Waals surface area contributed by atoms with Crippen LogP contribution in [0.25, 0.3) is 0 Å². The molecule has 1 heterocycles. The van der Waals surface area contributed by atoms with E-state index >= 15 is 0 Å². The summed E-state index contributed by atoms with van der Waals surface area (Å²) in [5.74, 6) is 0. The molecule has 0 unspecified atom stereocenters. The van der Waals surface area contributed by atoms with Crippen LogP contribution in [0, 0.1) is 0 Å². The van der Waals surface area contributed by atoms with E-state index in [-0.39, 0.29) is 6.03 Å². The average Bonchev–Trinajstić information content (AvgIpc) is 3.07. The first-order valence-electron chi connectivity index (χ1n) is 8.68. The largest absolute Gasteiger partial charge is 0.673 e. The third kappa shape index (κ3) is 4.87. The lowest BCUT2D eigenvalue weighted by Gasteiger charge is -2.20. The van der Waals surface area contributed by atoms with Crippen molar-refractivity contribution in [2.75, 3.05) is 0 Å². The molecule has 0 bridgehead atoms. The number of urea groups is 1. The fourth-order valence-electron chi connectivity index (χ4n) is 2.96. The number of carbonyl (C=O) groups is 1. The maximum atomic E-state index is 12.7. The third-order valence-corrected chi connectivity index (χ3v) is 4.11. The highest BCUT2D eigenvalue weighted by Crippen LogP contribution is 2.36. The van der Waals surface area contributed by atoms with Crippen molar-refractivity contribution in [1.29, 1.82) is 0 Å². The van der Waals surface area contributed by atoms with Crippen molar-refractivity contribution in [3.8, 4) is 0 Å². The zero-order valence-corrected chi connectivity index (χ0v) is 15.1. The predicted octanol–water partition coefficient (Wildman–Crippen LogP) is 5.71. The van der Waals surface area contributed by atoms with Crippen LogP contribution in [0.15, 0.2) is 96.1 Å². The van der Waals surface area contributed by atoms with Gasteiger partial charge in [0.25, 0.3) is 5.66 Å². The first-order chi connectivity index (χ1) is 13.8. The minimum absolute atomic E-state index is 0.242. The molecule has 148 valence electrons. The van der Waals surface area contributed by atoms with Gasteiger partial charge in [-0.3, -0.25) is 0 Å². The molecule has 0 radical (unpaired) electrons. The van der Waals surface area contributed by atoms with E-state index in [0.29, 0.717) is 0 Å². The summed E-state index contributed by atoms with van der Waals surface area (Å²) in [7, 11) is -6.00. The van der Waals surface area contributed by atoms with Gasteiger partial charge in [-0.05, 0) is 17.2 Å². The highest BCUT2D eigenvalue weighted by Gasteiger charge is 2.50. The quantitative estimate of drug-likeness (QED) is 0.341. The van der Waals surface area contributed by atoms with Gasteiger partial charge >= 0.3 is 13.3 Å². The van der Waals surface area contributed by atoms with Crippen LogP contribution in [-0.2, 0) is 5.66 Å². The molecule has 0 saturated heterocycles. The Bertz CT molecular complexity index is 951. The van der Waals surface area contributed by atoms with Gasteiger partial charge in [-0.15, -0.1) is 0 Å². The number of amides is 2. The molecule has 2 amide bonds. The molecule has 1 N–H and O–H groups in total. The highest BCUT2D eigenvalue weighted by molar-refractivity contribution is 6.50. The van der Waals surface area contributed by atoms with Crippen molar-refractivity contribution in [3.05, 3.63) is 102 Å².